The van der Waals surface area contributed by atoms with E-state index in [1.54, 1.807) is 36.4 Å². The summed E-state index contributed by atoms with van der Waals surface area (Å²) in [5.74, 6) is -1.54. The molecule has 0 amide bonds. The first-order valence-electron chi connectivity index (χ1n) is 6.15. The summed E-state index contributed by atoms with van der Waals surface area (Å²) >= 11 is 9.38. The van der Waals surface area contributed by atoms with Crippen molar-refractivity contribution in [2.45, 2.75) is 12.2 Å². The first kappa shape index (κ1) is 14.2. The zero-order valence-corrected chi connectivity index (χ0v) is 13.0. The number of ether oxygens (including phenoxy) is 2. The number of carbonyl (C=O) groups is 1. The van der Waals surface area contributed by atoms with Crippen LogP contribution >= 0.6 is 27.5 Å². The van der Waals surface area contributed by atoms with E-state index < -0.39 is 11.8 Å². The van der Waals surface area contributed by atoms with Crippen molar-refractivity contribution < 1.29 is 19.4 Å². The predicted molar refractivity (Wildman–Crippen MR) is 80.8 cm³/mol. The second kappa shape index (κ2) is 5.24. The van der Waals surface area contributed by atoms with Gasteiger partial charge in [-0.15, -0.1) is 0 Å². The number of fused-ring (bicyclic) bond motifs is 1. The molecule has 1 unspecified atom stereocenters. The zero-order chi connectivity index (χ0) is 15.0. The second-order valence-corrected chi connectivity index (χ2v) is 5.78. The Kier molecular flexibility index (Phi) is 3.55. The Morgan fingerprint density at radius 1 is 1.19 bits per heavy atom. The molecular weight excluding hydrogens is 360 g/mol. The molecule has 2 aromatic rings. The van der Waals surface area contributed by atoms with E-state index >= 15 is 0 Å². The predicted octanol–water partition coefficient (Wildman–Crippen LogP) is 4.20. The number of benzene rings is 2. The van der Waals surface area contributed by atoms with Gasteiger partial charge in [-0.2, -0.15) is 0 Å². The lowest BCUT2D eigenvalue weighted by Gasteiger charge is -2.26. The molecule has 1 aliphatic rings. The van der Waals surface area contributed by atoms with Crippen LogP contribution in [0, 0.1) is 0 Å². The van der Waals surface area contributed by atoms with Crippen molar-refractivity contribution in [1.82, 2.24) is 0 Å². The quantitative estimate of drug-likeness (QED) is 0.881. The van der Waals surface area contributed by atoms with Gasteiger partial charge in [-0.3, -0.25) is 4.79 Å². The molecule has 4 nitrogen and oxygen atoms in total. The summed E-state index contributed by atoms with van der Waals surface area (Å²) in [4.78, 5) is 11.2. The van der Waals surface area contributed by atoms with Crippen molar-refractivity contribution in [3.8, 4) is 11.5 Å². The first-order valence-corrected chi connectivity index (χ1v) is 7.32. The van der Waals surface area contributed by atoms with Crippen LogP contribution < -0.4 is 9.47 Å². The van der Waals surface area contributed by atoms with Crippen LogP contribution in [0.5, 0.6) is 11.5 Å². The molecular formula is C15H10BrClO4. The van der Waals surface area contributed by atoms with Gasteiger partial charge in [0.2, 0.25) is 0 Å². The lowest BCUT2D eigenvalue weighted by molar-refractivity contribution is -0.154. The summed E-state index contributed by atoms with van der Waals surface area (Å²) in [6.07, 6.45) is -0.324. The summed E-state index contributed by atoms with van der Waals surface area (Å²) in [5, 5.41) is 9.67. The Balaban J connectivity index is 2.09. The number of hydrogen-bond acceptors (Lipinski definition) is 3. The minimum Gasteiger partial charge on any atom is -0.481 e. The molecule has 0 aromatic heterocycles. The molecule has 1 N–H and O–H groups in total. The van der Waals surface area contributed by atoms with Crippen molar-refractivity contribution in [2.24, 2.45) is 0 Å². The summed E-state index contributed by atoms with van der Waals surface area (Å²) in [7, 11) is 0. The van der Waals surface area contributed by atoms with Crippen LogP contribution in [0.2, 0.25) is 5.02 Å². The molecule has 0 fully saturated rings. The van der Waals surface area contributed by atoms with Gasteiger partial charge >= 0.3 is 5.97 Å². The first-order chi connectivity index (χ1) is 10.0. The van der Waals surface area contributed by atoms with Gasteiger partial charge in [0.1, 0.15) is 6.42 Å². The van der Waals surface area contributed by atoms with Gasteiger partial charge in [-0.25, -0.2) is 0 Å². The summed E-state index contributed by atoms with van der Waals surface area (Å²) in [5.41, 5.74) is 0.631. The topological polar surface area (TPSA) is 55.8 Å². The standard InChI is InChI=1S/C15H10BrClO4/c16-13-10(17)6-7-11-14(13)21-15(20-11,8-12(18)19)9-4-2-1-3-5-9/h1-7H,8H2,(H,18,19). The minimum atomic E-state index is -1.39. The molecule has 0 aliphatic carbocycles. The Hall–Kier alpha value is -1.72. The third kappa shape index (κ3) is 2.47. The van der Waals surface area contributed by atoms with E-state index in [4.69, 9.17) is 21.1 Å². The van der Waals surface area contributed by atoms with Crippen molar-refractivity contribution in [3.05, 3.63) is 57.5 Å². The Labute approximate surface area is 134 Å². The number of halogens is 2. The number of carboxylic acid groups (broad SMARTS) is 1. The molecule has 0 radical (unpaired) electrons. The largest absolute Gasteiger partial charge is 0.481 e. The van der Waals surface area contributed by atoms with E-state index in [0.717, 1.165) is 0 Å². The molecule has 0 saturated carbocycles. The van der Waals surface area contributed by atoms with Crippen molar-refractivity contribution in [2.75, 3.05) is 0 Å². The average Bonchev–Trinajstić information content (AvgIpc) is 2.84. The van der Waals surface area contributed by atoms with Gasteiger partial charge in [0.15, 0.2) is 11.5 Å². The van der Waals surface area contributed by atoms with Gasteiger partial charge < -0.3 is 14.6 Å². The third-order valence-corrected chi connectivity index (χ3v) is 4.48. The Morgan fingerprint density at radius 3 is 2.57 bits per heavy atom. The molecule has 108 valence electrons. The van der Waals surface area contributed by atoms with Crippen LogP contribution in [0.3, 0.4) is 0 Å². The van der Waals surface area contributed by atoms with Crippen LogP contribution in [-0.2, 0) is 10.6 Å². The van der Waals surface area contributed by atoms with Gasteiger partial charge in [-0.1, -0.05) is 41.9 Å². The number of hydrogen-bond donors (Lipinski definition) is 1. The van der Waals surface area contributed by atoms with Crippen LogP contribution in [0.15, 0.2) is 46.9 Å². The number of rotatable bonds is 3. The molecule has 21 heavy (non-hydrogen) atoms. The molecule has 6 heteroatoms. The SMILES string of the molecule is O=C(O)CC1(c2ccccc2)Oc2ccc(Cl)c(Br)c2O1. The van der Waals surface area contributed by atoms with Crippen LogP contribution in [-0.4, -0.2) is 11.1 Å². The molecule has 3 rings (SSSR count). The minimum absolute atomic E-state index is 0.324. The van der Waals surface area contributed by atoms with E-state index in [0.29, 0.717) is 26.6 Å². The monoisotopic (exact) mass is 368 g/mol. The third-order valence-electron chi connectivity index (χ3n) is 3.15. The Morgan fingerprint density at radius 2 is 1.90 bits per heavy atom. The highest BCUT2D eigenvalue weighted by molar-refractivity contribution is 9.10. The highest BCUT2D eigenvalue weighted by Gasteiger charge is 2.46. The molecule has 2 aromatic carbocycles. The lowest BCUT2D eigenvalue weighted by atomic mass is 10.0. The summed E-state index contributed by atoms with van der Waals surface area (Å²) < 4.78 is 12.3. The fourth-order valence-electron chi connectivity index (χ4n) is 2.24. The van der Waals surface area contributed by atoms with Crippen LogP contribution in [0.25, 0.3) is 0 Å². The number of carboxylic acids is 1. The van der Waals surface area contributed by atoms with Gasteiger partial charge in [0.05, 0.1) is 9.50 Å². The highest BCUT2D eigenvalue weighted by Crippen LogP contribution is 2.51. The molecule has 0 spiro atoms. The highest BCUT2D eigenvalue weighted by atomic mass is 79.9. The zero-order valence-electron chi connectivity index (χ0n) is 10.7. The maximum atomic E-state index is 11.2. The van der Waals surface area contributed by atoms with E-state index in [9.17, 15) is 9.90 Å². The fourth-order valence-corrected chi connectivity index (χ4v) is 2.79. The average molecular weight is 370 g/mol. The van der Waals surface area contributed by atoms with E-state index in [-0.39, 0.29) is 6.42 Å². The van der Waals surface area contributed by atoms with Gasteiger partial charge in [0.25, 0.3) is 5.79 Å². The summed E-state index contributed by atoms with van der Waals surface area (Å²) in [6.45, 7) is 0. The van der Waals surface area contributed by atoms with E-state index in [1.165, 1.54) is 0 Å². The smallest absolute Gasteiger partial charge is 0.311 e. The van der Waals surface area contributed by atoms with E-state index in [1.807, 2.05) is 6.07 Å². The number of aliphatic carboxylic acids is 1. The summed E-state index contributed by atoms with van der Waals surface area (Å²) in [6, 6.07) is 12.3. The van der Waals surface area contributed by atoms with Crippen molar-refractivity contribution in [1.29, 1.82) is 0 Å². The maximum absolute atomic E-state index is 11.2. The van der Waals surface area contributed by atoms with Gasteiger partial charge in [-0.05, 0) is 28.1 Å². The molecule has 1 heterocycles. The maximum Gasteiger partial charge on any atom is 0.311 e. The lowest BCUT2D eigenvalue weighted by Crippen LogP contribution is -2.38. The normalized spacial score (nSPS) is 19.5. The van der Waals surface area contributed by atoms with Crippen LogP contribution in [0.4, 0.5) is 0 Å². The van der Waals surface area contributed by atoms with Crippen molar-refractivity contribution in [3.63, 3.8) is 0 Å². The van der Waals surface area contributed by atoms with Crippen LogP contribution in [0.1, 0.15) is 12.0 Å². The second-order valence-electron chi connectivity index (χ2n) is 4.58. The Bertz CT molecular complexity index is 704. The molecule has 1 atom stereocenters. The molecule has 0 bridgehead atoms. The van der Waals surface area contributed by atoms with E-state index in [2.05, 4.69) is 15.9 Å². The fraction of sp³-hybridized carbons (Fsp3) is 0.133. The van der Waals surface area contributed by atoms with Gasteiger partial charge in [0, 0.05) is 5.56 Å². The molecule has 0 saturated heterocycles. The molecule has 1 aliphatic heterocycles. The van der Waals surface area contributed by atoms with Crippen molar-refractivity contribution >= 4 is 33.5 Å².